The van der Waals surface area contributed by atoms with Crippen molar-refractivity contribution in [3.63, 3.8) is 0 Å². The smallest absolute Gasteiger partial charge is 0.230 e. The summed E-state index contributed by atoms with van der Waals surface area (Å²) >= 11 is 0. The minimum absolute atomic E-state index is 0.0711. The second-order valence-electron chi connectivity index (χ2n) is 7.52. The summed E-state index contributed by atoms with van der Waals surface area (Å²) in [5.74, 6) is 0.241. The molecule has 28 heavy (non-hydrogen) atoms. The molecule has 2 amide bonds. The highest BCUT2D eigenvalue weighted by Crippen LogP contribution is 2.24. The Hall–Kier alpha value is -2.62. The van der Waals surface area contributed by atoms with Crippen LogP contribution in [0.2, 0.25) is 0 Å². The molecule has 1 aliphatic rings. The summed E-state index contributed by atoms with van der Waals surface area (Å²) in [6.07, 6.45) is 3.73. The largest absolute Gasteiger partial charge is 0.353 e. The molecule has 0 aliphatic carbocycles. The minimum Gasteiger partial charge on any atom is -0.353 e. The molecule has 4 nitrogen and oxygen atoms in total. The van der Waals surface area contributed by atoms with E-state index in [1.165, 1.54) is 5.56 Å². The molecule has 2 aromatic carbocycles. The Morgan fingerprint density at radius 1 is 1.00 bits per heavy atom. The molecular weight excluding hydrogens is 348 g/mol. The van der Waals surface area contributed by atoms with Gasteiger partial charge < -0.3 is 10.2 Å². The van der Waals surface area contributed by atoms with Crippen LogP contribution in [0, 0.1) is 0 Å². The fourth-order valence-corrected chi connectivity index (χ4v) is 3.91. The first kappa shape index (κ1) is 20.1. The lowest BCUT2D eigenvalue weighted by atomic mass is 9.93. The average molecular weight is 379 g/mol. The third-order valence-electron chi connectivity index (χ3n) is 5.56. The number of carbonyl (C=O) groups is 2. The van der Waals surface area contributed by atoms with Gasteiger partial charge in [-0.2, -0.15) is 0 Å². The molecule has 1 fully saturated rings. The molecule has 1 aliphatic heterocycles. The van der Waals surface area contributed by atoms with Crippen molar-refractivity contribution in [2.75, 3.05) is 13.1 Å². The predicted molar refractivity (Wildman–Crippen MR) is 112 cm³/mol. The SMILES string of the molecule is CCC(C(=O)N1CCC(NC(=O)CCc2ccccc2)CC1)c1ccccc1. The summed E-state index contributed by atoms with van der Waals surface area (Å²) in [5.41, 5.74) is 2.27. The first-order valence-corrected chi connectivity index (χ1v) is 10.3. The fourth-order valence-electron chi connectivity index (χ4n) is 3.91. The number of nitrogens with one attached hydrogen (secondary N) is 1. The molecule has 1 unspecified atom stereocenters. The van der Waals surface area contributed by atoms with E-state index in [0.29, 0.717) is 19.5 Å². The Bertz CT molecular complexity index is 753. The molecule has 148 valence electrons. The van der Waals surface area contributed by atoms with Crippen LogP contribution in [0.3, 0.4) is 0 Å². The van der Waals surface area contributed by atoms with Gasteiger partial charge in [-0.1, -0.05) is 67.6 Å². The Kier molecular flexibility index (Phi) is 7.24. The molecule has 0 bridgehead atoms. The number of benzene rings is 2. The highest BCUT2D eigenvalue weighted by molar-refractivity contribution is 5.84. The molecule has 1 N–H and O–H groups in total. The van der Waals surface area contributed by atoms with Crippen LogP contribution in [0.5, 0.6) is 0 Å². The number of amides is 2. The van der Waals surface area contributed by atoms with Crippen LogP contribution >= 0.6 is 0 Å². The molecule has 2 aromatic rings. The molecule has 3 rings (SSSR count). The normalized spacial score (nSPS) is 15.8. The maximum absolute atomic E-state index is 13.0. The van der Waals surface area contributed by atoms with Gasteiger partial charge in [0.05, 0.1) is 5.92 Å². The van der Waals surface area contributed by atoms with Crippen LogP contribution in [0.1, 0.15) is 49.7 Å². The number of hydrogen-bond acceptors (Lipinski definition) is 2. The van der Waals surface area contributed by atoms with Crippen molar-refractivity contribution < 1.29 is 9.59 Å². The highest BCUT2D eigenvalue weighted by Gasteiger charge is 2.28. The molecule has 0 spiro atoms. The number of carbonyl (C=O) groups excluding carboxylic acids is 2. The van der Waals surface area contributed by atoms with Crippen molar-refractivity contribution in [2.45, 2.75) is 51.0 Å². The molecular formula is C24H30N2O2. The van der Waals surface area contributed by atoms with E-state index in [4.69, 9.17) is 0 Å². The maximum Gasteiger partial charge on any atom is 0.230 e. The second-order valence-corrected chi connectivity index (χ2v) is 7.52. The Labute approximate surface area is 167 Å². The van der Waals surface area contributed by atoms with E-state index >= 15 is 0 Å². The van der Waals surface area contributed by atoms with Crippen LogP contribution in [0.25, 0.3) is 0 Å². The zero-order valence-corrected chi connectivity index (χ0v) is 16.6. The van der Waals surface area contributed by atoms with E-state index in [1.807, 2.05) is 65.6 Å². The lowest BCUT2D eigenvalue weighted by Crippen LogP contribution is -2.47. The van der Waals surface area contributed by atoms with Gasteiger partial charge in [-0.25, -0.2) is 0 Å². The van der Waals surface area contributed by atoms with Crippen molar-refractivity contribution in [2.24, 2.45) is 0 Å². The Morgan fingerprint density at radius 3 is 2.21 bits per heavy atom. The molecule has 1 heterocycles. The van der Waals surface area contributed by atoms with Gasteiger partial charge in [0.15, 0.2) is 0 Å². The first-order valence-electron chi connectivity index (χ1n) is 10.3. The molecule has 4 heteroatoms. The number of nitrogens with zero attached hydrogens (tertiary/aromatic N) is 1. The average Bonchev–Trinajstić information content (AvgIpc) is 2.75. The summed E-state index contributed by atoms with van der Waals surface area (Å²) in [4.78, 5) is 27.2. The van der Waals surface area contributed by atoms with Crippen LogP contribution in [0.15, 0.2) is 60.7 Å². The van der Waals surface area contributed by atoms with Gasteiger partial charge in [-0.15, -0.1) is 0 Å². The molecule has 1 saturated heterocycles. The second kappa shape index (κ2) is 10.1. The molecule has 0 radical (unpaired) electrons. The lowest BCUT2D eigenvalue weighted by Gasteiger charge is -2.34. The monoisotopic (exact) mass is 378 g/mol. The van der Waals surface area contributed by atoms with Gasteiger partial charge >= 0.3 is 0 Å². The zero-order valence-electron chi connectivity index (χ0n) is 16.6. The van der Waals surface area contributed by atoms with Crippen LogP contribution in [0.4, 0.5) is 0 Å². The fraction of sp³-hybridized carbons (Fsp3) is 0.417. The zero-order chi connectivity index (χ0) is 19.8. The number of likely N-dealkylation sites (tertiary alicyclic amines) is 1. The van der Waals surface area contributed by atoms with Crippen molar-refractivity contribution in [3.8, 4) is 0 Å². The van der Waals surface area contributed by atoms with Crippen LogP contribution < -0.4 is 5.32 Å². The topological polar surface area (TPSA) is 49.4 Å². The van der Waals surface area contributed by atoms with E-state index in [9.17, 15) is 9.59 Å². The number of rotatable bonds is 7. The number of aryl methyl sites for hydroxylation is 1. The summed E-state index contributed by atoms with van der Waals surface area (Å²) < 4.78 is 0. The van der Waals surface area contributed by atoms with E-state index in [0.717, 1.165) is 31.2 Å². The van der Waals surface area contributed by atoms with E-state index in [1.54, 1.807) is 0 Å². The van der Waals surface area contributed by atoms with Crippen molar-refractivity contribution in [1.82, 2.24) is 10.2 Å². The van der Waals surface area contributed by atoms with Crippen molar-refractivity contribution in [3.05, 3.63) is 71.8 Å². The standard InChI is InChI=1S/C24H30N2O2/c1-2-22(20-11-7-4-8-12-20)24(28)26-17-15-21(16-18-26)25-23(27)14-13-19-9-5-3-6-10-19/h3-12,21-22H,2,13-18H2,1H3,(H,25,27). The van der Waals surface area contributed by atoms with E-state index < -0.39 is 0 Å². The van der Waals surface area contributed by atoms with Gasteiger partial charge in [-0.05, 0) is 36.8 Å². The van der Waals surface area contributed by atoms with Gasteiger partial charge in [0.2, 0.25) is 11.8 Å². The van der Waals surface area contributed by atoms with Gasteiger partial charge in [0.25, 0.3) is 0 Å². The third-order valence-corrected chi connectivity index (χ3v) is 5.56. The summed E-state index contributed by atoms with van der Waals surface area (Å²) in [6.45, 7) is 3.49. The van der Waals surface area contributed by atoms with Crippen LogP contribution in [-0.2, 0) is 16.0 Å². The predicted octanol–water partition coefficient (Wildman–Crippen LogP) is 3.92. The van der Waals surface area contributed by atoms with Crippen LogP contribution in [-0.4, -0.2) is 35.8 Å². The summed E-state index contributed by atoms with van der Waals surface area (Å²) in [6, 6.07) is 20.3. The maximum atomic E-state index is 13.0. The third kappa shape index (κ3) is 5.44. The number of piperidine rings is 1. The summed E-state index contributed by atoms with van der Waals surface area (Å²) in [7, 11) is 0. The minimum atomic E-state index is -0.0711. The van der Waals surface area contributed by atoms with Crippen molar-refractivity contribution in [1.29, 1.82) is 0 Å². The van der Waals surface area contributed by atoms with Gasteiger partial charge in [-0.3, -0.25) is 9.59 Å². The Morgan fingerprint density at radius 2 is 1.61 bits per heavy atom. The van der Waals surface area contributed by atoms with Crippen molar-refractivity contribution >= 4 is 11.8 Å². The molecule has 0 aromatic heterocycles. The van der Waals surface area contributed by atoms with Gasteiger partial charge in [0, 0.05) is 25.6 Å². The van der Waals surface area contributed by atoms with E-state index in [2.05, 4.69) is 12.2 Å². The quantitative estimate of drug-likeness (QED) is 0.794. The number of hydrogen-bond donors (Lipinski definition) is 1. The van der Waals surface area contributed by atoms with E-state index in [-0.39, 0.29) is 23.8 Å². The highest BCUT2D eigenvalue weighted by atomic mass is 16.2. The lowest BCUT2D eigenvalue weighted by molar-refractivity contribution is -0.134. The summed E-state index contributed by atoms with van der Waals surface area (Å²) in [5, 5.41) is 3.15. The first-order chi connectivity index (χ1) is 13.7. The Balaban J connectivity index is 1.44. The molecule has 0 saturated carbocycles. The molecule has 1 atom stereocenters. The van der Waals surface area contributed by atoms with Gasteiger partial charge in [0.1, 0.15) is 0 Å².